The number of benzene rings is 1. The highest BCUT2D eigenvalue weighted by Crippen LogP contribution is 2.13. The van der Waals surface area contributed by atoms with Crippen molar-refractivity contribution in [3.8, 4) is 5.75 Å². The van der Waals surface area contributed by atoms with Crippen LogP contribution in [0.5, 0.6) is 5.75 Å². The molecule has 1 rings (SSSR count). The summed E-state index contributed by atoms with van der Waals surface area (Å²) in [5.41, 5.74) is 12.3. The molecule has 0 saturated heterocycles. The molecule has 0 amide bonds. The van der Waals surface area contributed by atoms with E-state index in [9.17, 15) is 0 Å². The van der Waals surface area contributed by atoms with Crippen LogP contribution in [-0.4, -0.2) is 19.7 Å². The molecule has 0 aliphatic rings. The summed E-state index contributed by atoms with van der Waals surface area (Å²) in [7, 11) is 1.65. The van der Waals surface area contributed by atoms with Gasteiger partial charge in [-0.2, -0.15) is 0 Å². The standard InChI is InChI=1S/C10H16N2O/c1-13-10-4-2-3-8(6-10)5-9(12)7-11/h2-4,6,9H,5,7,11-12H2,1H3. The molecule has 3 nitrogen and oxygen atoms in total. The highest BCUT2D eigenvalue weighted by atomic mass is 16.5. The minimum atomic E-state index is 0.0344. The maximum Gasteiger partial charge on any atom is 0.119 e. The first-order chi connectivity index (χ1) is 6.26. The van der Waals surface area contributed by atoms with Crippen molar-refractivity contribution in [2.45, 2.75) is 12.5 Å². The van der Waals surface area contributed by atoms with Crippen LogP contribution in [0.25, 0.3) is 0 Å². The molecule has 1 unspecified atom stereocenters. The van der Waals surface area contributed by atoms with Gasteiger partial charge in [-0.15, -0.1) is 0 Å². The lowest BCUT2D eigenvalue weighted by atomic mass is 10.1. The van der Waals surface area contributed by atoms with E-state index in [0.717, 1.165) is 17.7 Å². The molecule has 3 heteroatoms. The van der Waals surface area contributed by atoms with Gasteiger partial charge < -0.3 is 16.2 Å². The Morgan fingerprint density at radius 1 is 1.46 bits per heavy atom. The Hall–Kier alpha value is -1.06. The Labute approximate surface area is 78.7 Å². The fourth-order valence-electron chi connectivity index (χ4n) is 1.19. The number of rotatable bonds is 4. The fourth-order valence-corrected chi connectivity index (χ4v) is 1.19. The van der Waals surface area contributed by atoms with E-state index in [1.54, 1.807) is 7.11 Å². The van der Waals surface area contributed by atoms with Gasteiger partial charge in [-0.3, -0.25) is 0 Å². The van der Waals surface area contributed by atoms with E-state index in [4.69, 9.17) is 16.2 Å². The molecule has 4 N–H and O–H groups in total. The lowest BCUT2D eigenvalue weighted by Crippen LogP contribution is -2.31. The Balaban J connectivity index is 2.66. The van der Waals surface area contributed by atoms with Gasteiger partial charge in [-0.1, -0.05) is 12.1 Å². The summed E-state index contributed by atoms with van der Waals surface area (Å²) in [6.45, 7) is 0.511. The average molecular weight is 180 g/mol. The van der Waals surface area contributed by atoms with Crippen LogP contribution in [0.15, 0.2) is 24.3 Å². The minimum absolute atomic E-state index is 0.0344. The van der Waals surface area contributed by atoms with Crippen molar-refractivity contribution in [2.75, 3.05) is 13.7 Å². The SMILES string of the molecule is COc1cccc(CC(N)CN)c1. The van der Waals surface area contributed by atoms with Crippen molar-refractivity contribution in [1.82, 2.24) is 0 Å². The molecule has 0 aromatic heterocycles. The van der Waals surface area contributed by atoms with Crippen LogP contribution in [0.3, 0.4) is 0 Å². The van der Waals surface area contributed by atoms with Crippen molar-refractivity contribution in [2.24, 2.45) is 11.5 Å². The average Bonchev–Trinajstić information content (AvgIpc) is 2.18. The third-order valence-electron chi connectivity index (χ3n) is 1.93. The third-order valence-corrected chi connectivity index (χ3v) is 1.93. The van der Waals surface area contributed by atoms with Crippen molar-refractivity contribution < 1.29 is 4.74 Å². The van der Waals surface area contributed by atoms with E-state index in [2.05, 4.69) is 0 Å². The van der Waals surface area contributed by atoms with Crippen LogP contribution >= 0.6 is 0 Å². The maximum atomic E-state index is 5.73. The normalized spacial score (nSPS) is 12.5. The fraction of sp³-hybridized carbons (Fsp3) is 0.400. The van der Waals surface area contributed by atoms with Gasteiger partial charge in [0, 0.05) is 12.6 Å². The topological polar surface area (TPSA) is 61.3 Å². The van der Waals surface area contributed by atoms with E-state index < -0.39 is 0 Å². The Morgan fingerprint density at radius 3 is 2.85 bits per heavy atom. The van der Waals surface area contributed by atoms with Crippen molar-refractivity contribution in [3.05, 3.63) is 29.8 Å². The molecule has 0 heterocycles. The molecule has 1 aromatic carbocycles. The van der Waals surface area contributed by atoms with Gasteiger partial charge in [0.15, 0.2) is 0 Å². The first kappa shape index (κ1) is 10.0. The lowest BCUT2D eigenvalue weighted by molar-refractivity contribution is 0.414. The van der Waals surface area contributed by atoms with E-state index in [-0.39, 0.29) is 6.04 Å². The summed E-state index contributed by atoms with van der Waals surface area (Å²) in [4.78, 5) is 0. The monoisotopic (exact) mass is 180 g/mol. The molecule has 0 aliphatic heterocycles. The Kier molecular flexibility index (Phi) is 3.73. The van der Waals surface area contributed by atoms with Crippen LogP contribution < -0.4 is 16.2 Å². The third kappa shape index (κ3) is 3.05. The van der Waals surface area contributed by atoms with Gasteiger partial charge in [0.25, 0.3) is 0 Å². The largest absolute Gasteiger partial charge is 0.497 e. The summed E-state index contributed by atoms with van der Waals surface area (Å²) in [6, 6.07) is 7.91. The van der Waals surface area contributed by atoms with Gasteiger partial charge in [0.2, 0.25) is 0 Å². The second-order valence-electron chi connectivity index (χ2n) is 3.05. The second kappa shape index (κ2) is 4.84. The lowest BCUT2D eigenvalue weighted by Gasteiger charge is -2.09. The summed E-state index contributed by atoms with van der Waals surface area (Å²) < 4.78 is 5.10. The second-order valence-corrected chi connectivity index (χ2v) is 3.05. The number of methoxy groups -OCH3 is 1. The van der Waals surface area contributed by atoms with E-state index in [1.165, 1.54) is 0 Å². The highest BCUT2D eigenvalue weighted by molar-refractivity contribution is 5.28. The summed E-state index contributed by atoms with van der Waals surface area (Å²) in [5, 5.41) is 0. The predicted octanol–water partition coefficient (Wildman–Crippen LogP) is 0.524. The molecule has 72 valence electrons. The molecule has 1 aromatic rings. The molecular formula is C10H16N2O. The number of hydrogen-bond donors (Lipinski definition) is 2. The number of hydrogen-bond acceptors (Lipinski definition) is 3. The van der Waals surface area contributed by atoms with Gasteiger partial charge in [0.1, 0.15) is 5.75 Å². The predicted molar refractivity (Wildman–Crippen MR) is 53.7 cm³/mol. The molecular weight excluding hydrogens is 164 g/mol. The van der Waals surface area contributed by atoms with Crippen molar-refractivity contribution >= 4 is 0 Å². The van der Waals surface area contributed by atoms with Gasteiger partial charge in [0.05, 0.1) is 7.11 Å². The first-order valence-electron chi connectivity index (χ1n) is 4.35. The van der Waals surface area contributed by atoms with Crippen LogP contribution in [0.4, 0.5) is 0 Å². The van der Waals surface area contributed by atoms with Gasteiger partial charge in [-0.25, -0.2) is 0 Å². The number of nitrogens with two attached hydrogens (primary N) is 2. The summed E-state index contributed by atoms with van der Waals surface area (Å²) >= 11 is 0. The Bertz CT molecular complexity index is 263. The quantitative estimate of drug-likeness (QED) is 0.710. The summed E-state index contributed by atoms with van der Waals surface area (Å²) in [6.07, 6.45) is 0.799. The van der Waals surface area contributed by atoms with Crippen LogP contribution in [0, 0.1) is 0 Å². The Morgan fingerprint density at radius 2 is 2.23 bits per heavy atom. The summed E-state index contributed by atoms with van der Waals surface area (Å²) in [5.74, 6) is 0.863. The van der Waals surface area contributed by atoms with Crippen LogP contribution in [0.2, 0.25) is 0 Å². The van der Waals surface area contributed by atoms with E-state index in [1.807, 2.05) is 24.3 Å². The van der Waals surface area contributed by atoms with Gasteiger partial charge in [-0.05, 0) is 24.1 Å². The maximum absolute atomic E-state index is 5.73. The molecule has 0 bridgehead atoms. The van der Waals surface area contributed by atoms with Crippen LogP contribution in [-0.2, 0) is 6.42 Å². The molecule has 0 fully saturated rings. The van der Waals surface area contributed by atoms with E-state index in [0.29, 0.717) is 6.54 Å². The van der Waals surface area contributed by atoms with E-state index >= 15 is 0 Å². The molecule has 0 spiro atoms. The zero-order valence-corrected chi connectivity index (χ0v) is 7.86. The molecule has 13 heavy (non-hydrogen) atoms. The first-order valence-corrected chi connectivity index (χ1v) is 4.35. The highest BCUT2D eigenvalue weighted by Gasteiger charge is 2.01. The number of ether oxygens (including phenoxy) is 1. The van der Waals surface area contributed by atoms with Crippen molar-refractivity contribution in [3.63, 3.8) is 0 Å². The molecule has 0 radical (unpaired) electrons. The zero-order chi connectivity index (χ0) is 9.68. The van der Waals surface area contributed by atoms with Crippen molar-refractivity contribution in [1.29, 1.82) is 0 Å². The van der Waals surface area contributed by atoms with Gasteiger partial charge >= 0.3 is 0 Å². The molecule has 1 atom stereocenters. The minimum Gasteiger partial charge on any atom is -0.497 e. The zero-order valence-electron chi connectivity index (χ0n) is 7.86. The smallest absolute Gasteiger partial charge is 0.119 e. The molecule has 0 saturated carbocycles. The molecule has 0 aliphatic carbocycles. The van der Waals surface area contributed by atoms with Crippen LogP contribution in [0.1, 0.15) is 5.56 Å².